The Hall–Kier alpha value is -2.67. The Kier molecular flexibility index (Phi) is 8.45. The number of carbonyl (C=O) groups excluding carboxylic acids is 2. The van der Waals surface area contributed by atoms with E-state index in [1.165, 1.54) is 18.9 Å². The third-order valence-corrected chi connectivity index (χ3v) is 6.14. The Bertz CT molecular complexity index is 1110. The first-order valence-electron chi connectivity index (χ1n) is 9.79. The maximum absolute atomic E-state index is 12.6. The summed E-state index contributed by atoms with van der Waals surface area (Å²) < 4.78 is 5.12. The van der Waals surface area contributed by atoms with Crippen LogP contribution >= 0.6 is 35.0 Å². The predicted molar refractivity (Wildman–Crippen MR) is 132 cm³/mol. The Labute approximate surface area is 201 Å². The van der Waals surface area contributed by atoms with E-state index in [0.717, 1.165) is 10.5 Å². The molecule has 1 atom stereocenters. The molecule has 0 aliphatic rings. The first-order chi connectivity index (χ1) is 15.3. The molecule has 0 aliphatic heterocycles. The highest BCUT2D eigenvalue weighted by Crippen LogP contribution is 2.29. The van der Waals surface area contributed by atoms with Crippen LogP contribution in [0.3, 0.4) is 0 Å². The third kappa shape index (κ3) is 6.92. The van der Waals surface area contributed by atoms with E-state index in [9.17, 15) is 9.59 Å². The van der Waals surface area contributed by atoms with E-state index in [2.05, 4.69) is 10.6 Å². The fourth-order valence-electron chi connectivity index (χ4n) is 2.89. The van der Waals surface area contributed by atoms with Gasteiger partial charge in [0, 0.05) is 21.3 Å². The summed E-state index contributed by atoms with van der Waals surface area (Å²) in [4.78, 5) is 25.8. The van der Waals surface area contributed by atoms with E-state index in [4.69, 9.17) is 27.9 Å². The van der Waals surface area contributed by atoms with Crippen LogP contribution in [-0.2, 0) is 16.0 Å². The summed E-state index contributed by atoms with van der Waals surface area (Å²) >= 11 is 13.4. The summed E-state index contributed by atoms with van der Waals surface area (Å²) in [5.74, 6) is 0.257. The van der Waals surface area contributed by atoms with Crippen molar-refractivity contribution in [1.82, 2.24) is 0 Å². The third-order valence-electron chi connectivity index (χ3n) is 4.50. The lowest BCUT2D eigenvalue weighted by molar-refractivity contribution is -0.116. The van der Waals surface area contributed by atoms with Crippen molar-refractivity contribution >= 4 is 58.2 Å². The molecular weight excluding hydrogens is 467 g/mol. The second-order valence-electron chi connectivity index (χ2n) is 6.98. The Balaban J connectivity index is 1.57. The molecule has 166 valence electrons. The minimum atomic E-state index is -0.365. The van der Waals surface area contributed by atoms with Crippen molar-refractivity contribution in [2.24, 2.45) is 0 Å². The molecule has 32 heavy (non-hydrogen) atoms. The Morgan fingerprint density at radius 2 is 1.69 bits per heavy atom. The van der Waals surface area contributed by atoms with Crippen molar-refractivity contribution in [1.29, 1.82) is 0 Å². The molecule has 0 saturated heterocycles. The van der Waals surface area contributed by atoms with Crippen LogP contribution in [0.4, 0.5) is 11.4 Å². The molecule has 1 unspecified atom stereocenters. The van der Waals surface area contributed by atoms with E-state index in [0.29, 0.717) is 27.2 Å². The van der Waals surface area contributed by atoms with Crippen molar-refractivity contribution in [3.63, 3.8) is 0 Å². The van der Waals surface area contributed by atoms with E-state index < -0.39 is 0 Å². The van der Waals surface area contributed by atoms with Crippen LogP contribution in [0, 0.1) is 0 Å². The van der Waals surface area contributed by atoms with Crippen molar-refractivity contribution in [2.45, 2.75) is 23.5 Å². The highest BCUT2D eigenvalue weighted by molar-refractivity contribution is 8.00. The summed E-state index contributed by atoms with van der Waals surface area (Å²) in [5, 5.41) is 6.44. The maximum Gasteiger partial charge on any atom is 0.237 e. The topological polar surface area (TPSA) is 67.4 Å². The highest BCUT2D eigenvalue weighted by atomic mass is 35.5. The van der Waals surface area contributed by atoms with Crippen LogP contribution in [-0.4, -0.2) is 24.2 Å². The molecule has 0 spiro atoms. The fraction of sp³-hybridized carbons (Fsp3) is 0.167. The number of methoxy groups -OCH3 is 1. The lowest BCUT2D eigenvalue weighted by Gasteiger charge is -2.14. The average Bonchev–Trinajstić information content (AvgIpc) is 2.75. The number of halogens is 2. The number of hydrogen-bond acceptors (Lipinski definition) is 4. The normalized spacial score (nSPS) is 11.5. The highest BCUT2D eigenvalue weighted by Gasteiger charge is 2.16. The van der Waals surface area contributed by atoms with Gasteiger partial charge in [0.05, 0.1) is 23.8 Å². The minimum Gasteiger partial charge on any atom is -0.495 e. The van der Waals surface area contributed by atoms with Gasteiger partial charge in [0.15, 0.2) is 0 Å². The zero-order chi connectivity index (χ0) is 23.1. The number of amides is 2. The summed E-state index contributed by atoms with van der Waals surface area (Å²) in [6.45, 7) is 1.82. The standard InChI is InChI=1S/C24H22Cl2N2O3S/c1-15(24(30)28-19-10-11-22(31-2)21(26)14-19)32-20-5-3-4-18(13-20)27-23(29)12-16-6-8-17(25)9-7-16/h3-11,13-15H,12H2,1-2H3,(H,27,29)(H,28,30). The summed E-state index contributed by atoms with van der Waals surface area (Å²) in [7, 11) is 1.53. The number of nitrogens with one attached hydrogen (secondary N) is 2. The lowest BCUT2D eigenvalue weighted by Crippen LogP contribution is -2.22. The quantitative estimate of drug-likeness (QED) is 0.365. The molecule has 0 aliphatic carbocycles. The maximum atomic E-state index is 12.6. The zero-order valence-corrected chi connectivity index (χ0v) is 19.9. The number of hydrogen-bond donors (Lipinski definition) is 2. The average molecular weight is 489 g/mol. The molecule has 0 aromatic heterocycles. The van der Waals surface area contributed by atoms with Crippen LogP contribution < -0.4 is 15.4 Å². The minimum absolute atomic E-state index is 0.128. The van der Waals surface area contributed by atoms with Gasteiger partial charge in [0.25, 0.3) is 0 Å². The molecule has 0 heterocycles. The Morgan fingerprint density at radius 3 is 2.38 bits per heavy atom. The number of carbonyl (C=O) groups is 2. The largest absolute Gasteiger partial charge is 0.495 e. The molecule has 8 heteroatoms. The van der Waals surface area contributed by atoms with Gasteiger partial charge in [-0.3, -0.25) is 9.59 Å². The molecule has 0 saturated carbocycles. The molecule has 3 rings (SSSR count). The van der Waals surface area contributed by atoms with Gasteiger partial charge in [-0.1, -0.05) is 41.4 Å². The van der Waals surface area contributed by atoms with Crippen LogP contribution in [0.2, 0.25) is 10.0 Å². The van der Waals surface area contributed by atoms with Crippen LogP contribution in [0.15, 0.2) is 71.6 Å². The van der Waals surface area contributed by atoms with Crippen molar-refractivity contribution in [2.75, 3.05) is 17.7 Å². The van der Waals surface area contributed by atoms with Crippen LogP contribution in [0.25, 0.3) is 0 Å². The molecule has 0 radical (unpaired) electrons. The number of benzene rings is 3. The molecular formula is C24H22Cl2N2O3S. The SMILES string of the molecule is COc1ccc(NC(=O)C(C)Sc2cccc(NC(=O)Cc3ccc(Cl)cc3)c2)cc1Cl. The van der Waals surface area contributed by atoms with Gasteiger partial charge in [-0.15, -0.1) is 11.8 Å². The van der Waals surface area contributed by atoms with Gasteiger partial charge in [0.2, 0.25) is 11.8 Å². The van der Waals surface area contributed by atoms with Gasteiger partial charge < -0.3 is 15.4 Å². The zero-order valence-electron chi connectivity index (χ0n) is 17.5. The molecule has 0 fully saturated rings. The van der Waals surface area contributed by atoms with E-state index >= 15 is 0 Å². The first-order valence-corrected chi connectivity index (χ1v) is 11.4. The van der Waals surface area contributed by atoms with Crippen LogP contribution in [0.1, 0.15) is 12.5 Å². The molecule has 0 bridgehead atoms. The summed E-state index contributed by atoms with van der Waals surface area (Å²) in [6.07, 6.45) is 0.248. The van der Waals surface area contributed by atoms with Crippen molar-refractivity contribution < 1.29 is 14.3 Å². The number of anilines is 2. The van der Waals surface area contributed by atoms with Crippen molar-refractivity contribution in [3.8, 4) is 5.75 Å². The van der Waals surface area contributed by atoms with Gasteiger partial charge in [-0.25, -0.2) is 0 Å². The lowest BCUT2D eigenvalue weighted by atomic mass is 10.1. The summed E-state index contributed by atoms with van der Waals surface area (Å²) in [6, 6.07) is 19.6. The molecule has 3 aromatic carbocycles. The smallest absolute Gasteiger partial charge is 0.237 e. The van der Waals surface area contributed by atoms with Gasteiger partial charge >= 0.3 is 0 Å². The van der Waals surface area contributed by atoms with Crippen LogP contribution in [0.5, 0.6) is 5.75 Å². The number of ether oxygens (including phenoxy) is 1. The first kappa shape index (κ1) is 24.0. The second-order valence-corrected chi connectivity index (χ2v) is 9.24. The van der Waals surface area contributed by atoms with Crippen molar-refractivity contribution in [3.05, 3.63) is 82.3 Å². The fourth-order valence-corrected chi connectivity index (χ4v) is 4.20. The summed E-state index contributed by atoms with van der Waals surface area (Å²) in [5.41, 5.74) is 2.14. The van der Waals surface area contributed by atoms with Gasteiger partial charge in [-0.05, 0) is 61.0 Å². The number of thioether (sulfide) groups is 1. The molecule has 5 nitrogen and oxygen atoms in total. The van der Waals surface area contributed by atoms with E-state index in [1.807, 2.05) is 43.3 Å². The molecule has 2 N–H and O–H groups in total. The van der Waals surface area contributed by atoms with E-state index in [-0.39, 0.29) is 23.5 Å². The molecule has 2 amide bonds. The Morgan fingerprint density at radius 1 is 0.969 bits per heavy atom. The molecule has 3 aromatic rings. The monoisotopic (exact) mass is 488 g/mol. The van der Waals surface area contributed by atoms with Gasteiger partial charge in [-0.2, -0.15) is 0 Å². The van der Waals surface area contributed by atoms with Gasteiger partial charge in [0.1, 0.15) is 5.75 Å². The number of rotatable bonds is 8. The van der Waals surface area contributed by atoms with E-state index in [1.54, 1.807) is 30.3 Å². The predicted octanol–water partition coefficient (Wildman–Crippen LogP) is 6.30. The second kappa shape index (κ2) is 11.3.